The van der Waals surface area contributed by atoms with Crippen LogP contribution < -0.4 is 17.2 Å². The molecule has 17 heteroatoms. The molecule has 326 valence electrons. The van der Waals surface area contributed by atoms with Crippen LogP contribution in [0.3, 0.4) is 0 Å². The van der Waals surface area contributed by atoms with Crippen molar-refractivity contribution in [2.45, 2.75) is 77.0 Å². The largest absolute Gasteiger partial charge is 0.399 e. The predicted molar refractivity (Wildman–Crippen MR) is 238 cm³/mol. The topological polar surface area (TPSA) is 143 Å². The number of aliphatic imine (C=N–C) groups is 3. The fraction of sp³-hybridized carbons (Fsp3) is 0.512. The monoisotopic (exact) mass is 892 g/mol. The van der Waals surface area contributed by atoms with E-state index in [1.807, 2.05) is 27.7 Å². The molecule has 0 spiro atoms. The lowest BCUT2D eigenvalue weighted by Crippen LogP contribution is -2.41. The Morgan fingerprint density at radius 2 is 0.983 bits per heavy atom. The average molecular weight is 893 g/mol. The Morgan fingerprint density at radius 3 is 1.43 bits per heavy atom. The fourth-order valence-corrected chi connectivity index (χ4v) is 12.6. The van der Waals surface area contributed by atoms with Crippen molar-refractivity contribution in [2.24, 2.45) is 32.7 Å². The zero-order valence-electron chi connectivity index (χ0n) is 33.4. The summed E-state index contributed by atoms with van der Waals surface area (Å²) in [5.41, 5.74) is 17.4. The number of hydrogen-bond donors (Lipinski definition) is 3. The van der Waals surface area contributed by atoms with Crippen LogP contribution in [0.25, 0.3) is 0 Å². The molecule has 0 saturated carbocycles. The van der Waals surface area contributed by atoms with Crippen LogP contribution in [0.15, 0.2) is 63.5 Å². The van der Waals surface area contributed by atoms with E-state index in [1.165, 1.54) is 30.0 Å². The molecule has 3 saturated heterocycles. The van der Waals surface area contributed by atoms with Crippen LogP contribution in [-0.2, 0) is 30.8 Å². The number of nitrogens with zero attached hydrogens (tertiary/aromatic N) is 3. The molecule has 6 heterocycles. The number of nitrogen functional groups attached to an aromatic ring is 3. The van der Waals surface area contributed by atoms with Gasteiger partial charge in [0.1, 0.15) is 34.9 Å². The Labute approximate surface area is 361 Å². The summed E-state index contributed by atoms with van der Waals surface area (Å²) in [4.78, 5) is 14.0. The van der Waals surface area contributed by atoms with E-state index in [2.05, 4.69) is 4.99 Å². The van der Waals surface area contributed by atoms with Gasteiger partial charge in [-0.05, 0) is 83.1 Å². The van der Waals surface area contributed by atoms with Gasteiger partial charge in [-0.25, -0.2) is 22.0 Å². The van der Waals surface area contributed by atoms with Crippen LogP contribution in [-0.4, -0.2) is 77.2 Å². The van der Waals surface area contributed by atoms with E-state index < -0.39 is 41.0 Å². The van der Waals surface area contributed by atoms with Crippen LogP contribution in [0, 0.1) is 41.0 Å². The minimum atomic E-state index is -1.09. The molecule has 6 aliphatic heterocycles. The molecule has 3 aromatic rings. The standard InChI is InChI=1S/C14H15F3N2OS.2C14H17FN2OS.CH4/c1-7-19-14(6-20-12(4-15)10(14)5-21-7)9-2-8(18)3-11(16)13(9)17;2*1-8-12-6-19-9(2)17-14(12,7-18-8)11-5-10(16)3-4-13(11)15;/h2-3,10,12H,4-6,18H2,1H3;2*3-5,8,12H,6-7,16H2,1-2H3;1H4/t10-,12-,14-;2*8-,12-,14-;/m111./s1. The van der Waals surface area contributed by atoms with Crippen molar-refractivity contribution < 1.29 is 36.2 Å². The number of ether oxygens (including phenoxy) is 3. The quantitative estimate of drug-likeness (QED) is 0.173. The molecule has 0 bridgehead atoms. The van der Waals surface area contributed by atoms with Gasteiger partial charge in [-0.1, -0.05) is 7.43 Å². The number of thioether (sulfide) groups is 3. The molecule has 9 atom stereocenters. The maximum Gasteiger partial charge on any atom is 0.164 e. The predicted octanol–water partition coefficient (Wildman–Crippen LogP) is 9.13. The third kappa shape index (κ3) is 8.42. The van der Waals surface area contributed by atoms with Gasteiger partial charge in [0, 0.05) is 68.8 Å². The van der Waals surface area contributed by atoms with Crippen molar-refractivity contribution >= 4 is 67.5 Å². The molecular weight excluding hydrogens is 840 g/mol. The lowest BCUT2D eigenvalue weighted by Gasteiger charge is -2.36. The highest BCUT2D eigenvalue weighted by Crippen LogP contribution is 2.51. The van der Waals surface area contributed by atoms with Crippen LogP contribution in [0.4, 0.5) is 39.0 Å². The Bertz CT molecular complexity index is 2090. The average Bonchev–Trinajstić information content (AvgIpc) is 3.86. The molecule has 0 radical (unpaired) electrons. The molecule has 60 heavy (non-hydrogen) atoms. The van der Waals surface area contributed by atoms with E-state index in [4.69, 9.17) is 41.4 Å². The first kappa shape index (κ1) is 46.2. The second-order valence-electron chi connectivity index (χ2n) is 15.8. The number of nitrogens with two attached hydrogens (primary N) is 3. The zero-order chi connectivity index (χ0) is 42.4. The van der Waals surface area contributed by atoms with Gasteiger partial charge in [-0.3, -0.25) is 15.0 Å². The van der Waals surface area contributed by atoms with Gasteiger partial charge in [0.2, 0.25) is 0 Å². The second-order valence-corrected chi connectivity index (χ2v) is 19.4. The molecule has 9 nitrogen and oxygen atoms in total. The van der Waals surface area contributed by atoms with Gasteiger partial charge in [0.25, 0.3) is 0 Å². The van der Waals surface area contributed by atoms with Gasteiger partial charge in [0.15, 0.2) is 11.6 Å². The summed E-state index contributed by atoms with van der Waals surface area (Å²) in [7, 11) is 0. The first-order chi connectivity index (χ1) is 28.0. The van der Waals surface area contributed by atoms with E-state index in [-0.39, 0.29) is 66.9 Å². The summed E-state index contributed by atoms with van der Waals surface area (Å²) in [5, 5.41) is 2.71. The maximum absolute atomic E-state index is 14.3. The molecule has 0 aliphatic carbocycles. The minimum Gasteiger partial charge on any atom is -0.399 e. The van der Waals surface area contributed by atoms with E-state index in [0.717, 1.165) is 32.7 Å². The summed E-state index contributed by atoms with van der Waals surface area (Å²) < 4.78 is 86.7. The third-order valence-electron chi connectivity index (χ3n) is 12.1. The molecule has 3 aromatic carbocycles. The number of halogens is 5. The van der Waals surface area contributed by atoms with E-state index in [0.29, 0.717) is 41.5 Å². The molecule has 0 aromatic heterocycles. The van der Waals surface area contributed by atoms with Crippen molar-refractivity contribution in [3.05, 3.63) is 88.5 Å². The summed E-state index contributed by atoms with van der Waals surface area (Å²) >= 11 is 4.91. The molecule has 6 aliphatic rings. The van der Waals surface area contributed by atoms with Crippen LogP contribution >= 0.6 is 35.3 Å². The Hall–Kier alpha value is -3.35. The van der Waals surface area contributed by atoms with E-state index >= 15 is 0 Å². The highest BCUT2D eigenvalue weighted by Gasteiger charge is 2.55. The second kappa shape index (κ2) is 18.2. The normalized spacial score (nSPS) is 32.7. The molecule has 0 amide bonds. The maximum atomic E-state index is 14.3. The number of rotatable bonds is 4. The molecule has 6 N–H and O–H groups in total. The summed E-state index contributed by atoms with van der Waals surface area (Å²) in [5.74, 6) is -0.0915. The SMILES string of the molecule is C.CC1=N[C@@]2(c3cc(N)cc(F)c3F)CO[C@H](CF)[C@H]2CS1.CC1=N[C@@]2(c3cc(N)ccc3F)CO[C@H](C)[C@H]2CS1.CC1=N[C@@]2(c3cc(N)ccc3F)CO[C@H](C)[C@H]2CS1. The van der Waals surface area contributed by atoms with Crippen LogP contribution in [0.5, 0.6) is 0 Å². The number of benzene rings is 3. The molecule has 0 unspecified atom stereocenters. The number of hydrogen-bond acceptors (Lipinski definition) is 12. The minimum absolute atomic E-state index is 0. The number of alkyl halides is 1. The van der Waals surface area contributed by atoms with Gasteiger partial charge in [0.05, 0.1) is 53.3 Å². The van der Waals surface area contributed by atoms with Crippen molar-refractivity contribution in [1.29, 1.82) is 0 Å². The van der Waals surface area contributed by atoms with Gasteiger partial charge >= 0.3 is 0 Å². The summed E-state index contributed by atoms with van der Waals surface area (Å²) in [6.45, 7) is 10.0. The van der Waals surface area contributed by atoms with Crippen LogP contribution in [0.1, 0.15) is 58.7 Å². The Kier molecular flexibility index (Phi) is 14.0. The summed E-state index contributed by atoms with van der Waals surface area (Å²) in [6.07, 6.45) is -0.478. The highest BCUT2D eigenvalue weighted by molar-refractivity contribution is 8.14. The fourth-order valence-electron chi connectivity index (χ4n) is 9.05. The van der Waals surface area contributed by atoms with E-state index in [1.54, 1.807) is 54.7 Å². The van der Waals surface area contributed by atoms with Crippen molar-refractivity contribution in [3.63, 3.8) is 0 Å². The highest BCUT2D eigenvalue weighted by atomic mass is 32.2. The van der Waals surface area contributed by atoms with Crippen molar-refractivity contribution in [3.8, 4) is 0 Å². The Morgan fingerprint density at radius 1 is 0.583 bits per heavy atom. The molecule has 9 rings (SSSR count). The lowest BCUT2D eigenvalue weighted by molar-refractivity contribution is 0.0721. The first-order valence-electron chi connectivity index (χ1n) is 19.4. The third-order valence-corrected chi connectivity index (χ3v) is 15.2. The molecule has 3 fully saturated rings. The van der Waals surface area contributed by atoms with Gasteiger partial charge in [-0.2, -0.15) is 0 Å². The van der Waals surface area contributed by atoms with E-state index in [9.17, 15) is 22.0 Å². The van der Waals surface area contributed by atoms with Crippen LogP contribution in [0.2, 0.25) is 0 Å². The lowest BCUT2D eigenvalue weighted by atomic mass is 9.78. The zero-order valence-corrected chi connectivity index (χ0v) is 35.9. The Balaban J connectivity index is 0.000000150. The van der Waals surface area contributed by atoms with Gasteiger partial charge < -0.3 is 31.4 Å². The molecular formula is C43H53F5N6O3S3. The van der Waals surface area contributed by atoms with Crippen molar-refractivity contribution in [2.75, 3.05) is 61.0 Å². The van der Waals surface area contributed by atoms with Gasteiger partial charge in [-0.15, -0.1) is 35.3 Å². The first-order valence-corrected chi connectivity index (χ1v) is 22.3. The number of anilines is 3. The van der Waals surface area contributed by atoms with Crippen molar-refractivity contribution in [1.82, 2.24) is 0 Å². The summed E-state index contributed by atoms with van der Waals surface area (Å²) in [6, 6.07) is 11.7. The smallest absolute Gasteiger partial charge is 0.164 e. The number of fused-ring (bicyclic) bond motifs is 3.